The Morgan fingerprint density at radius 1 is 1.00 bits per heavy atom. The van der Waals surface area contributed by atoms with Crippen LogP contribution in [-0.2, 0) is 0 Å². The maximum atomic E-state index is 13.0. The van der Waals surface area contributed by atoms with Crippen LogP contribution in [0.4, 0.5) is 8.78 Å². The molecule has 1 saturated heterocycles. The van der Waals surface area contributed by atoms with Crippen molar-refractivity contribution in [3.63, 3.8) is 0 Å². The third kappa shape index (κ3) is 4.02. The summed E-state index contributed by atoms with van der Waals surface area (Å²) in [5.41, 5.74) is 0. The fourth-order valence-corrected chi connectivity index (χ4v) is 5.61. The number of hydrogen-bond acceptors (Lipinski definition) is 2. The summed E-state index contributed by atoms with van der Waals surface area (Å²) in [4.78, 5) is 0. The van der Waals surface area contributed by atoms with Crippen molar-refractivity contribution in [3.8, 4) is 0 Å². The molecule has 0 aromatic heterocycles. The summed E-state index contributed by atoms with van der Waals surface area (Å²) in [6.07, 6.45) is 7.88. The molecule has 2 aliphatic rings. The van der Waals surface area contributed by atoms with E-state index in [9.17, 15) is 8.78 Å². The Hall–Kier alpha value is 0.560. The summed E-state index contributed by atoms with van der Waals surface area (Å²) in [7, 11) is 0. The number of rotatable bonds is 3. The number of hydrogen-bond donors (Lipinski definition) is 0. The second-order valence-corrected chi connectivity index (χ2v) is 7.94. The molecule has 0 N–H and O–H groups in total. The quantitative estimate of drug-likeness (QED) is 0.693. The summed E-state index contributed by atoms with van der Waals surface area (Å²) in [5, 5.41) is 0. The smallest absolute Gasteiger partial charge is 0.182 e. The second-order valence-electron chi connectivity index (χ2n) is 5.41. The maximum absolute atomic E-state index is 13.0. The first-order valence-corrected chi connectivity index (χ1v) is 8.73. The fourth-order valence-electron chi connectivity index (χ4n) is 3.13. The van der Waals surface area contributed by atoms with E-state index in [2.05, 4.69) is 6.92 Å². The lowest BCUT2D eigenvalue weighted by molar-refractivity contribution is 0.195. The average molecular weight is 280 g/mol. The van der Waals surface area contributed by atoms with Gasteiger partial charge in [0.25, 0.3) is 0 Å². The zero-order valence-electron chi connectivity index (χ0n) is 10.5. The predicted octanol–water partition coefficient (Wildman–Crippen LogP) is 5.24. The van der Waals surface area contributed by atoms with Gasteiger partial charge in [-0.1, -0.05) is 56.1 Å². The van der Waals surface area contributed by atoms with Crippen molar-refractivity contribution in [1.82, 2.24) is 0 Å². The third-order valence-electron chi connectivity index (χ3n) is 4.19. The van der Waals surface area contributed by atoms with E-state index in [1.165, 1.54) is 38.5 Å². The van der Waals surface area contributed by atoms with E-state index in [1.54, 1.807) is 0 Å². The van der Waals surface area contributed by atoms with Crippen LogP contribution in [0, 0.1) is 17.8 Å². The molecule has 0 spiro atoms. The third-order valence-corrected chi connectivity index (χ3v) is 6.75. The fraction of sp³-hybridized carbons (Fsp3) is 1.00. The van der Waals surface area contributed by atoms with Gasteiger partial charge in [-0.25, -0.2) is 0 Å². The van der Waals surface area contributed by atoms with Crippen molar-refractivity contribution in [2.24, 2.45) is 17.8 Å². The lowest BCUT2D eigenvalue weighted by Crippen LogP contribution is -2.30. The molecule has 2 rings (SSSR count). The Balaban J connectivity index is 1.74. The molecule has 0 radical (unpaired) electrons. The van der Waals surface area contributed by atoms with E-state index in [0.29, 0.717) is 17.4 Å². The number of alkyl halides is 2. The minimum Gasteiger partial charge on any atom is -0.182 e. The molecule has 1 heterocycles. The molecule has 0 unspecified atom stereocenters. The van der Waals surface area contributed by atoms with Gasteiger partial charge in [-0.05, 0) is 30.6 Å². The molecule has 1 aliphatic heterocycles. The molecule has 0 aromatic rings. The molecule has 0 bridgehead atoms. The Labute approximate surface area is 112 Å². The van der Waals surface area contributed by atoms with Crippen molar-refractivity contribution in [2.75, 3.05) is 11.5 Å². The van der Waals surface area contributed by atoms with Gasteiger partial charge in [0, 0.05) is 11.5 Å². The Morgan fingerprint density at radius 2 is 1.59 bits per heavy atom. The Morgan fingerprint density at radius 3 is 2.12 bits per heavy atom. The van der Waals surface area contributed by atoms with Crippen LogP contribution in [0.15, 0.2) is 0 Å². The normalized spacial score (nSPS) is 34.8. The highest BCUT2D eigenvalue weighted by Crippen LogP contribution is 2.49. The monoisotopic (exact) mass is 280 g/mol. The summed E-state index contributed by atoms with van der Waals surface area (Å²) >= 11 is 1.73. The van der Waals surface area contributed by atoms with Gasteiger partial charge in [0.1, 0.15) is 0 Å². The van der Waals surface area contributed by atoms with E-state index >= 15 is 0 Å². The molecular formula is C13H22F2S2. The van der Waals surface area contributed by atoms with Gasteiger partial charge in [0.2, 0.25) is 0 Å². The maximum Gasteiger partial charge on any atom is 0.341 e. The van der Waals surface area contributed by atoms with E-state index in [0.717, 1.165) is 35.4 Å². The van der Waals surface area contributed by atoms with Crippen molar-refractivity contribution in [2.45, 2.75) is 50.0 Å². The summed E-state index contributed by atoms with van der Waals surface area (Å²) in [6.45, 7) is 2.25. The van der Waals surface area contributed by atoms with Crippen LogP contribution in [0.5, 0.6) is 0 Å². The van der Waals surface area contributed by atoms with Gasteiger partial charge in [0.15, 0.2) is 0 Å². The molecule has 0 aromatic carbocycles. The van der Waals surface area contributed by atoms with Gasteiger partial charge in [-0.15, -0.1) is 0 Å². The number of thioether (sulfide) groups is 2. The van der Waals surface area contributed by atoms with Crippen LogP contribution in [0.3, 0.4) is 0 Å². The first-order valence-electron chi connectivity index (χ1n) is 6.76. The van der Waals surface area contributed by atoms with Crippen molar-refractivity contribution in [3.05, 3.63) is 0 Å². The second kappa shape index (κ2) is 6.14. The summed E-state index contributed by atoms with van der Waals surface area (Å²) < 4.78 is 23.5. The van der Waals surface area contributed by atoms with Crippen LogP contribution in [-0.4, -0.2) is 16.1 Å². The molecule has 1 aliphatic carbocycles. The summed E-state index contributed by atoms with van der Waals surface area (Å²) in [6, 6.07) is 0. The first-order chi connectivity index (χ1) is 8.11. The minimum atomic E-state index is -2.52. The molecule has 100 valence electrons. The van der Waals surface area contributed by atoms with E-state index in [-0.39, 0.29) is 0 Å². The van der Waals surface area contributed by atoms with Crippen LogP contribution in [0.1, 0.15) is 45.4 Å². The van der Waals surface area contributed by atoms with Crippen molar-refractivity contribution in [1.29, 1.82) is 0 Å². The highest BCUT2D eigenvalue weighted by Gasteiger charge is 2.39. The predicted molar refractivity (Wildman–Crippen MR) is 73.7 cm³/mol. The lowest BCUT2D eigenvalue weighted by Gasteiger charge is -2.37. The van der Waals surface area contributed by atoms with Crippen LogP contribution in [0.25, 0.3) is 0 Å². The first kappa shape index (κ1) is 14.0. The molecule has 0 amide bonds. The van der Waals surface area contributed by atoms with Gasteiger partial charge < -0.3 is 0 Å². The molecule has 1 saturated carbocycles. The lowest BCUT2D eigenvalue weighted by atomic mass is 9.75. The van der Waals surface area contributed by atoms with Crippen LogP contribution >= 0.6 is 23.5 Å². The van der Waals surface area contributed by atoms with Crippen LogP contribution < -0.4 is 0 Å². The van der Waals surface area contributed by atoms with E-state index in [4.69, 9.17) is 0 Å². The van der Waals surface area contributed by atoms with Gasteiger partial charge in [-0.2, -0.15) is 8.78 Å². The minimum absolute atomic E-state index is 0.534. The topological polar surface area (TPSA) is 0 Å². The van der Waals surface area contributed by atoms with Crippen LogP contribution in [0.2, 0.25) is 0 Å². The zero-order chi connectivity index (χ0) is 12.3. The zero-order valence-corrected chi connectivity index (χ0v) is 12.1. The SMILES string of the molecule is CCCC1CCC(C2CSC(F)(F)SC2)CC1. The van der Waals surface area contributed by atoms with Gasteiger partial charge in [0.05, 0.1) is 0 Å². The summed E-state index contributed by atoms with van der Waals surface area (Å²) in [5.74, 6) is 3.51. The highest BCUT2D eigenvalue weighted by atomic mass is 32.2. The van der Waals surface area contributed by atoms with E-state index < -0.39 is 4.59 Å². The molecule has 4 heteroatoms. The number of halogens is 2. The molecule has 2 fully saturated rings. The molecule has 0 nitrogen and oxygen atoms in total. The molecule has 17 heavy (non-hydrogen) atoms. The van der Waals surface area contributed by atoms with Gasteiger partial charge >= 0.3 is 4.59 Å². The van der Waals surface area contributed by atoms with Crippen molar-refractivity contribution < 1.29 is 8.78 Å². The highest BCUT2D eigenvalue weighted by molar-refractivity contribution is 8.18. The Bertz CT molecular complexity index is 228. The largest absolute Gasteiger partial charge is 0.341 e. The molecular weight excluding hydrogens is 258 g/mol. The standard InChI is InChI=1S/C13H22F2S2/c1-2-3-10-4-6-11(7-5-10)12-8-16-13(14,15)17-9-12/h10-12H,2-9H2,1H3. The average Bonchev–Trinajstić information content (AvgIpc) is 2.31. The van der Waals surface area contributed by atoms with E-state index in [1.807, 2.05) is 0 Å². The van der Waals surface area contributed by atoms with Crippen molar-refractivity contribution >= 4 is 23.5 Å². The Kier molecular flexibility index (Phi) is 5.05. The molecule has 0 atom stereocenters. The van der Waals surface area contributed by atoms with Gasteiger partial charge in [-0.3, -0.25) is 0 Å².